The van der Waals surface area contributed by atoms with Crippen LogP contribution in [0.2, 0.25) is 0 Å². The first kappa shape index (κ1) is 14.2. The van der Waals surface area contributed by atoms with E-state index < -0.39 is 5.72 Å². The standard InChI is InChI=1S/C14H19FN2OS/c1-13(2)9-14(3,18)17(12(19)16-13)8-10-4-6-11(15)7-5-10/h4-7,18H,8-9H2,1-3H3,(H,16,19). The molecule has 0 spiro atoms. The zero-order valence-electron chi connectivity index (χ0n) is 11.4. The van der Waals surface area contributed by atoms with Gasteiger partial charge in [-0.15, -0.1) is 0 Å². The third-order valence-electron chi connectivity index (χ3n) is 3.30. The van der Waals surface area contributed by atoms with Crippen LogP contribution in [-0.4, -0.2) is 26.4 Å². The third kappa shape index (κ3) is 3.22. The Hall–Kier alpha value is -1.20. The van der Waals surface area contributed by atoms with E-state index >= 15 is 0 Å². The number of aliphatic hydroxyl groups is 1. The molecule has 1 aliphatic heterocycles. The van der Waals surface area contributed by atoms with Crippen molar-refractivity contribution in [3.8, 4) is 0 Å². The minimum Gasteiger partial charge on any atom is -0.371 e. The van der Waals surface area contributed by atoms with Gasteiger partial charge in [0.2, 0.25) is 0 Å². The van der Waals surface area contributed by atoms with Crippen molar-refractivity contribution in [2.24, 2.45) is 0 Å². The number of hydrogen-bond donors (Lipinski definition) is 2. The van der Waals surface area contributed by atoms with Crippen molar-refractivity contribution >= 4 is 17.3 Å². The summed E-state index contributed by atoms with van der Waals surface area (Å²) >= 11 is 5.33. The van der Waals surface area contributed by atoms with Crippen molar-refractivity contribution in [1.29, 1.82) is 0 Å². The Balaban J connectivity index is 2.19. The van der Waals surface area contributed by atoms with Gasteiger partial charge in [-0.2, -0.15) is 0 Å². The van der Waals surface area contributed by atoms with Crippen LogP contribution in [0.15, 0.2) is 24.3 Å². The quantitative estimate of drug-likeness (QED) is 0.817. The lowest BCUT2D eigenvalue weighted by Crippen LogP contribution is -2.65. The van der Waals surface area contributed by atoms with Gasteiger partial charge in [0.15, 0.2) is 5.11 Å². The minimum atomic E-state index is -1.01. The summed E-state index contributed by atoms with van der Waals surface area (Å²) in [4.78, 5) is 1.74. The van der Waals surface area contributed by atoms with Gasteiger partial charge >= 0.3 is 0 Å². The number of nitrogens with zero attached hydrogens (tertiary/aromatic N) is 1. The largest absolute Gasteiger partial charge is 0.371 e. The molecular weight excluding hydrogens is 263 g/mol. The van der Waals surface area contributed by atoms with Crippen molar-refractivity contribution < 1.29 is 9.50 Å². The summed E-state index contributed by atoms with van der Waals surface area (Å²) in [7, 11) is 0. The van der Waals surface area contributed by atoms with E-state index in [1.165, 1.54) is 12.1 Å². The molecule has 0 saturated carbocycles. The smallest absolute Gasteiger partial charge is 0.171 e. The predicted octanol–water partition coefficient (Wildman–Crippen LogP) is 2.39. The molecule has 0 aromatic heterocycles. The Labute approximate surface area is 118 Å². The van der Waals surface area contributed by atoms with Crippen molar-refractivity contribution in [3.05, 3.63) is 35.6 Å². The molecule has 2 rings (SSSR count). The summed E-state index contributed by atoms with van der Waals surface area (Å²) in [6.45, 7) is 6.21. The summed E-state index contributed by atoms with van der Waals surface area (Å²) in [5.74, 6) is -0.268. The average molecular weight is 282 g/mol. The van der Waals surface area contributed by atoms with Gasteiger partial charge in [-0.1, -0.05) is 12.1 Å². The van der Waals surface area contributed by atoms with E-state index in [1.807, 2.05) is 13.8 Å². The monoisotopic (exact) mass is 282 g/mol. The van der Waals surface area contributed by atoms with Crippen molar-refractivity contribution in [1.82, 2.24) is 10.2 Å². The number of hydrogen-bond acceptors (Lipinski definition) is 2. The second-order valence-corrected chi connectivity index (χ2v) is 6.31. The topological polar surface area (TPSA) is 35.5 Å². The first-order chi connectivity index (χ1) is 8.70. The molecule has 1 unspecified atom stereocenters. The van der Waals surface area contributed by atoms with Gasteiger partial charge in [0.25, 0.3) is 0 Å². The molecule has 19 heavy (non-hydrogen) atoms. The molecule has 1 heterocycles. The van der Waals surface area contributed by atoms with Crippen LogP contribution in [0.25, 0.3) is 0 Å². The molecule has 5 heteroatoms. The maximum Gasteiger partial charge on any atom is 0.171 e. The average Bonchev–Trinajstić information content (AvgIpc) is 2.23. The normalized spacial score (nSPS) is 26.2. The fourth-order valence-corrected chi connectivity index (χ4v) is 3.10. The highest BCUT2D eigenvalue weighted by molar-refractivity contribution is 7.80. The van der Waals surface area contributed by atoms with Gasteiger partial charge in [0, 0.05) is 18.5 Å². The van der Waals surface area contributed by atoms with Crippen LogP contribution in [0.4, 0.5) is 4.39 Å². The number of thiocarbonyl (C=S) groups is 1. The SMILES string of the molecule is CC1(C)CC(C)(O)N(Cc2ccc(F)cc2)C(=S)N1. The number of benzene rings is 1. The first-order valence-corrected chi connectivity index (χ1v) is 6.67. The summed E-state index contributed by atoms with van der Waals surface area (Å²) in [5, 5.41) is 14.3. The van der Waals surface area contributed by atoms with E-state index in [2.05, 4.69) is 5.32 Å². The van der Waals surface area contributed by atoms with Gasteiger partial charge in [-0.3, -0.25) is 0 Å². The van der Waals surface area contributed by atoms with E-state index in [0.717, 1.165) is 5.56 Å². The number of halogens is 1. The Kier molecular flexibility index (Phi) is 3.53. The molecule has 1 aromatic rings. The highest BCUT2D eigenvalue weighted by Gasteiger charge is 2.42. The molecule has 1 fully saturated rings. The van der Waals surface area contributed by atoms with Gasteiger partial charge in [-0.05, 0) is 50.7 Å². The van der Waals surface area contributed by atoms with E-state index in [4.69, 9.17) is 12.2 Å². The zero-order valence-corrected chi connectivity index (χ0v) is 12.2. The Bertz CT molecular complexity index is 485. The highest BCUT2D eigenvalue weighted by Crippen LogP contribution is 2.30. The second kappa shape index (κ2) is 4.72. The molecule has 0 radical (unpaired) electrons. The molecule has 0 bridgehead atoms. The Morgan fingerprint density at radius 3 is 2.42 bits per heavy atom. The number of nitrogens with one attached hydrogen (secondary N) is 1. The molecule has 2 N–H and O–H groups in total. The van der Waals surface area contributed by atoms with Crippen LogP contribution in [0.5, 0.6) is 0 Å². The first-order valence-electron chi connectivity index (χ1n) is 6.26. The van der Waals surface area contributed by atoms with E-state index in [9.17, 15) is 9.50 Å². The summed E-state index contributed by atoms with van der Waals surface area (Å²) < 4.78 is 12.9. The fraction of sp³-hybridized carbons (Fsp3) is 0.500. The van der Waals surface area contributed by atoms with Crippen molar-refractivity contribution in [2.45, 2.75) is 45.0 Å². The van der Waals surface area contributed by atoms with Gasteiger partial charge < -0.3 is 15.3 Å². The van der Waals surface area contributed by atoms with Crippen LogP contribution >= 0.6 is 12.2 Å². The lowest BCUT2D eigenvalue weighted by atomic mass is 9.90. The van der Waals surface area contributed by atoms with Crippen molar-refractivity contribution in [2.75, 3.05) is 0 Å². The molecule has 1 aromatic carbocycles. The van der Waals surface area contributed by atoms with E-state index in [1.54, 1.807) is 24.0 Å². The van der Waals surface area contributed by atoms with Gasteiger partial charge in [-0.25, -0.2) is 4.39 Å². The van der Waals surface area contributed by atoms with Crippen molar-refractivity contribution in [3.63, 3.8) is 0 Å². The van der Waals surface area contributed by atoms with Crippen LogP contribution in [0.1, 0.15) is 32.8 Å². The molecule has 1 saturated heterocycles. The van der Waals surface area contributed by atoms with E-state index in [0.29, 0.717) is 18.1 Å². The van der Waals surface area contributed by atoms with Crippen LogP contribution < -0.4 is 5.32 Å². The molecule has 1 aliphatic rings. The summed E-state index contributed by atoms with van der Waals surface area (Å²) in [5.41, 5.74) is -0.342. The maximum atomic E-state index is 12.9. The maximum absolute atomic E-state index is 12.9. The third-order valence-corrected chi connectivity index (χ3v) is 3.63. The lowest BCUT2D eigenvalue weighted by molar-refractivity contribution is -0.0921. The summed E-state index contributed by atoms with van der Waals surface area (Å²) in [6.07, 6.45) is 0.557. The molecule has 104 valence electrons. The van der Waals surface area contributed by atoms with Crippen LogP contribution in [0.3, 0.4) is 0 Å². The van der Waals surface area contributed by atoms with Gasteiger partial charge in [0.05, 0.1) is 0 Å². The Morgan fingerprint density at radius 1 is 1.32 bits per heavy atom. The molecule has 0 amide bonds. The van der Waals surface area contributed by atoms with Crippen LogP contribution in [-0.2, 0) is 6.54 Å². The summed E-state index contributed by atoms with van der Waals surface area (Å²) in [6, 6.07) is 6.23. The minimum absolute atomic E-state index is 0.236. The highest BCUT2D eigenvalue weighted by atomic mass is 32.1. The fourth-order valence-electron chi connectivity index (χ4n) is 2.57. The lowest BCUT2D eigenvalue weighted by Gasteiger charge is -2.49. The van der Waals surface area contributed by atoms with Crippen LogP contribution in [0, 0.1) is 5.82 Å². The molecule has 3 nitrogen and oxygen atoms in total. The van der Waals surface area contributed by atoms with Gasteiger partial charge in [0.1, 0.15) is 11.5 Å². The number of rotatable bonds is 2. The second-order valence-electron chi connectivity index (χ2n) is 5.92. The molecular formula is C14H19FN2OS. The van der Waals surface area contributed by atoms with E-state index in [-0.39, 0.29) is 11.4 Å². The predicted molar refractivity (Wildman–Crippen MR) is 77.0 cm³/mol. The zero-order chi connectivity index (χ0) is 14.3. The molecule has 0 aliphatic carbocycles. The molecule has 1 atom stereocenters. The Morgan fingerprint density at radius 2 is 1.89 bits per heavy atom.